The van der Waals surface area contributed by atoms with Gasteiger partial charge >= 0.3 is 5.69 Å². The number of aromatic nitrogens is 3. The molecular weight excluding hydrogens is 382 g/mol. The van der Waals surface area contributed by atoms with Crippen LogP contribution in [-0.4, -0.2) is 40.6 Å². The summed E-state index contributed by atoms with van der Waals surface area (Å²) >= 11 is 6.12. The van der Waals surface area contributed by atoms with E-state index in [0.717, 1.165) is 21.6 Å². The van der Waals surface area contributed by atoms with Crippen LogP contribution in [-0.2, 0) is 10.0 Å². The molecule has 1 aromatic heterocycles. The quantitative estimate of drug-likeness (QED) is 0.690. The lowest BCUT2D eigenvalue weighted by atomic mass is 10.3. The van der Waals surface area contributed by atoms with Crippen molar-refractivity contribution in [3.63, 3.8) is 0 Å². The molecule has 11 heteroatoms. The highest BCUT2D eigenvalue weighted by atomic mass is 35.5. The smallest absolute Gasteiger partial charge is 0.271 e. The summed E-state index contributed by atoms with van der Waals surface area (Å²) in [6.07, 6.45) is 2.29. The number of nitrogens with zero attached hydrogens (tertiary/aromatic N) is 4. The Morgan fingerprint density at radius 1 is 1.38 bits per heavy atom. The summed E-state index contributed by atoms with van der Waals surface area (Å²) in [6.45, 7) is 1.82. The second-order valence-corrected chi connectivity index (χ2v) is 7.63. The van der Waals surface area contributed by atoms with Gasteiger partial charge in [0.25, 0.3) is 5.56 Å². The van der Waals surface area contributed by atoms with Crippen LogP contribution >= 0.6 is 11.6 Å². The third kappa shape index (κ3) is 4.19. The second-order valence-electron chi connectivity index (χ2n) is 5.32. The fourth-order valence-electron chi connectivity index (χ4n) is 2.20. The lowest BCUT2D eigenvalue weighted by Crippen LogP contribution is -2.33. The van der Waals surface area contributed by atoms with Crippen molar-refractivity contribution in [2.24, 2.45) is 0 Å². The van der Waals surface area contributed by atoms with Crippen LogP contribution in [0.3, 0.4) is 0 Å². The van der Waals surface area contributed by atoms with Gasteiger partial charge in [-0.2, -0.15) is 19.3 Å². The SMILES string of the molecule is CCCCN(CC#N)S(=O)(=O)c1ccc(-n2ncc(=O)[nH]c2=O)cc1Cl. The van der Waals surface area contributed by atoms with Crippen LogP contribution < -0.4 is 11.2 Å². The zero-order valence-corrected chi connectivity index (χ0v) is 15.4. The van der Waals surface area contributed by atoms with Gasteiger partial charge in [-0.25, -0.2) is 13.2 Å². The van der Waals surface area contributed by atoms with Crippen LogP contribution in [0.1, 0.15) is 19.8 Å². The molecule has 0 bridgehead atoms. The highest BCUT2D eigenvalue weighted by Crippen LogP contribution is 2.26. The van der Waals surface area contributed by atoms with Gasteiger partial charge in [0.1, 0.15) is 17.6 Å². The average molecular weight is 398 g/mol. The van der Waals surface area contributed by atoms with Crippen molar-refractivity contribution < 1.29 is 8.42 Å². The van der Waals surface area contributed by atoms with Crippen LogP contribution in [0, 0.1) is 11.3 Å². The molecule has 1 aromatic carbocycles. The first-order valence-electron chi connectivity index (χ1n) is 7.67. The number of hydrogen-bond donors (Lipinski definition) is 1. The van der Waals surface area contributed by atoms with Crippen molar-refractivity contribution in [2.75, 3.05) is 13.1 Å². The number of hydrogen-bond acceptors (Lipinski definition) is 6. The van der Waals surface area contributed by atoms with Gasteiger partial charge in [-0.3, -0.25) is 9.78 Å². The Bertz CT molecular complexity index is 1050. The predicted octanol–water partition coefficient (Wildman–Crippen LogP) is 0.889. The molecule has 1 N–H and O–H groups in total. The topological polar surface area (TPSA) is 129 Å². The maximum Gasteiger partial charge on any atom is 0.349 e. The predicted molar refractivity (Wildman–Crippen MR) is 94.7 cm³/mol. The van der Waals surface area contributed by atoms with Crippen LogP contribution in [0.2, 0.25) is 5.02 Å². The van der Waals surface area contributed by atoms with Crippen molar-refractivity contribution >= 4 is 21.6 Å². The van der Waals surface area contributed by atoms with Gasteiger partial charge in [0.2, 0.25) is 10.0 Å². The molecule has 0 unspecified atom stereocenters. The van der Waals surface area contributed by atoms with Gasteiger partial charge in [-0.15, -0.1) is 0 Å². The molecule has 2 aromatic rings. The molecule has 26 heavy (non-hydrogen) atoms. The largest absolute Gasteiger partial charge is 0.349 e. The Morgan fingerprint density at radius 2 is 2.12 bits per heavy atom. The minimum absolute atomic E-state index is 0.123. The maximum absolute atomic E-state index is 12.8. The third-order valence-corrected chi connectivity index (χ3v) is 5.83. The van der Waals surface area contributed by atoms with Crippen molar-refractivity contribution in [1.29, 1.82) is 5.26 Å². The summed E-state index contributed by atoms with van der Waals surface area (Å²) in [5, 5.41) is 12.5. The molecule has 0 saturated carbocycles. The molecule has 9 nitrogen and oxygen atoms in total. The molecule has 0 spiro atoms. The first-order chi connectivity index (χ1) is 12.3. The first kappa shape index (κ1) is 19.8. The van der Waals surface area contributed by atoms with E-state index in [1.54, 1.807) is 0 Å². The van der Waals surface area contributed by atoms with E-state index >= 15 is 0 Å². The molecule has 138 valence electrons. The number of unbranched alkanes of at least 4 members (excludes halogenated alkanes) is 1. The molecule has 1 heterocycles. The van der Waals surface area contributed by atoms with Crippen LogP contribution in [0.25, 0.3) is 5.69 Å². The van der Waals surface area contributed by atoms with Crippen LogP contribution in [0.15, 0.2) is 38.9 Å². The van der Waals surface area contributed by atoms with Gasteiger partial charge < -0.3 is 0 Å². The standard InChI is InChI=1S/C15H16ClN5O4S/c1-2-3-7-20(8-6-17)26(24,25)13-5-4-11(9-12(13)16)21-15(23)19-14(22)10-18-21/h4-5,9-10H,2-3,7-8H2,1H3,(H,19,22,23). The van der Waals surface area contributed by atoms with Gasteiger partial charge in [-0.1, -0.05) is 24.9 Å². The van der Waals surface area contributed by atoms with E-state index in [1.165, 1.54) is 18.2 Å². The molecule has 0 fully saturated rings. The van der Waals surface area contributed by atoms with Gasteiger partial charge in [0.05, 0.1) is 16.8 Å². The fourth-order valence-corrected chi connectivity index (χ4v) is 4.09. The highest BCUT2D eigenvalue weighted by molar-refractivity contribution is 7.89. The molecular formula is C15H16ClN5O4S. The summed E-state index contributed by atoms with van der Waals surface area (Å²) in [5.41, 5.74) is -1.24. The number of H-pyrrole nitrogens is 1. The number of halogens is 1. The summed E-state index contributed by atoms with van der Waals surface area (Å²) in [4.78, 5) is 24.7. The monoisotopic (exact) mass is 397 g/mol. The minimum Gasteiger partial charge on any atom is -0.271 e. The summed E-state index contributed by atoms with van der Waals surface area (Å²) in [7, 11) is -3.97. The van der Waals surface area contributed by atoms with Crippen molar-refractivity contribution in [3.05, 3.63) is 50.3 Å². The van der Waals surface area contributed by atoms with Gasteiger partial charge in [0.15, 0.2) is 0 Å². The van der Waals surface area contributed by atoms with E-state index in [-0.39, 0.29) is 28.7 Å². The van der Waals surface area contributed by atoms with Crippen molar-refractivity contribution in [3.8, 4) is 11.8 Å². The Balaban J connectivity index is 2.46. The number of aromatic amines is 1. The average Bonchev–Trinajstić information content (AvgIpc) is 2.58. The zero-order chi connectivity index (χ0) is 19.3. The van der Waals surface area contributed by atoms with E-state index in [4.69, 9.17) is 16.9 Å². The Labute approximate surface area is 154 Å². The van der Waals surface area contributed by atoms with E-state index in [2.05, 4.69) is 5.10 Å². The Morgan fingerprint density at radius 3 is 2.69 bits per heavy atom. The molecule has 0 amide bonds. The van der Waals surface area contributed by atoms with E-state index in [9.17, 15) is 18.0 Å². The Hall–Kier alpha value is -2.48. The first-order valence-corrected chi connectivity index (χ1v) is 9.48. The summed E-state index contributed by atoms with van der Waals surface area (Å²) < 4.78 is 27.5. The molecule has 0 atom stereocenters. The molecule has 2 rings (SSSR count). The number of benzene rings is 1. The van der Waals surface area contributed by atoms with Gasteiger partial charge in [0, 0.05) is 6.54 Å². The number of nitrogens with one attached hydrogen (secondary N) is 1. The van der Waals surface area contributed by atoms with E-state index < -0.39 is 21.3 Å². The molecule has 0 radical (unpaired) electrons. The maximum atomic E-state index is 12.8. The van der Waals surface area contributed by atoms with Crippen molar-refractivity contribution in [1.82, 2.24) is 19.1 Å². The lowest BCUT2D eigenvalue weighted by molar-refractivity contribution is 0.435. The van der Waals surface area contributed by atoms with Crippen molar-refractivity contribution in [2.45, 2.75) is 24.7 Å². The van der Waals surface area contributed by atoms with Gasteiger partial charge in [-0.05, 0) is 24.6 Å². The van der Waals surface area contributed by atoms with Crippen LogP contribution in [0.4, 0.5) is 0 Å². The number of rotatable bonds is 7. The zero-order valence-electron chi connectivity index (χ0n) is 13.8. The second kappa shape index (κ2) is 8.27. The lowest BCUT2D eigenvalue weighted by Gasteiger charge is -2.20. The fraction of sp³-hybridized carbons (Fsp3) is 0.333. The highest BCUT2D eigenvalue weighted by Gasteiger charge is 2.26. The number of nitriles is 1. The normalized spacial score (nSPS) is 11.5. The van der Waals surface area contributed by atoms with E-state index in [1.807, 2.05) is 18.0 Å². The summed E-state index contributed by atoms with van der Waals surface area (Å²) in [5.74, 6) is 0. The molecule has 0 saturated heterocycles. The molecule has 0 aliphatic rings. The minimum atomic E-state index is -3.97. The molecule has 0 aliphatic carbocycles. The summed E-state index contributed by atoms with van der Waals surface area (Å²) in [6, 6.07) is 5.67. The number of sulfonamides is 1. The van der Waals surface area contributed by atoms with Crippen LogP contribution in [0.5, 0.6) is 0 Å². The van der Waals surface area contributed by atoms with E-state index in [0.29, 0.717) is 6.42 Å². The Kier molecular flexibility index (Phi) is 6.31. The third-order valence-electron chi connectivity index (χ3n) is 3.50. The molecule has 0 aliphatic heterocycles.